The highest BCUT2D eigenvalue weighted by molar-refractivity contribution is 5.99. The summed E-state index contributed by atoms with van der Waals surface area (Å²) in [7, 11) is 0. The predicted molar refractivity (Wildman–Crippen MR) is 104 cm³/mol. The number of Topliss-reactive ketones (excluding diaryl/α,β-unsaturated/α-hetero) is 1. The van der Waals surface area contributed by atoms with Crippen molar-refractivity contribution in [2.24, 2.45) is 11.8 Å². The Kier molecular flexibility index (Phi) is 5.91. The number of aliphatic hydroxyl groups is 2. The molecule has 6 heteroatoms. The van der Waals surface area contributed by atoms with Crippen LogP contribution in [0, 0.1) is 22.0 Å². The third-order valence-electron chi connectivity index (χ3n) is 5.77. The van der Waals surface area contributed by atoms with E-state index >= 15 is 0 Å². The lowest BCUT2D eigenvalue weighted by Crippen LogP contribution is -2.63. The van der Waals surface area contributed by atoms with Gasteiger partial charge in [0.1, 0.15) is 6.10 Å². The van der Waals surface area contributed by atoms with Crippen LogP contribution in [0.25, 0.3) is 0 Å². The molecule has 6 nitrogen and oxygen atoms in total. The maximum absolute atomic E-state index is 13.5. The van der Waals surface area contributed by atoms with Crippen LogP contribution in [-0.2, 0) is 5.60 Å². The summed E-state index contributed by atoms with van der Waals surface area (Å²) in [5.74, 6) is -1.71. The van der Waals surface area contributed by atoms with E-state index in [1.165, 1.54) is 0 Å². The number of benzene rings is 2. The molecule has 0 aromatic heterocycles. The van der Waals surface area contributed by atoms with Gasteiger partial charge in [0.2, 0.25) is 0 Å². The van der Waals surface area contributed by atoms with Gasteiger partial charge in [-0.25, -0.2) is 0 Å². The average molecular weight is 383 g/mol. The molecule has 148 valence electrons. The molecule has 2 aromatic rings. The lowest BCUT2D eigenvalue weighted by Gasteiger charge is -2.47. The third kappa shape index (κ3) is 3.45. The molecule has 0 radical (unpaired) electrons. The zero-order chi connectivity index (χ0) is 20.3. The minimum absolute atomic E-state index is 0.109. The van der Waals surface area contributed by atoms with Crippen molar-refractivity contribution in [1.82, 2.24) is 0 Å². The van der Waals surface area contributed by atoms with Crippen molar-refractivity contribution in [3.05, 3.63) is 81.9 Å². The van der Waals surface area contributed by atoms with E-state index in [4.69, 9.17) is 0 Å². The Morgan fingerprint density at radius 1 is 1.14 bits per heavy atom. The summed E-state index contributed by atoms with van der Waals surface area (Å²) in [4.78, 5) is 24.7. The summed E-state index contributed by atoms with van der Waals surface area (Å²) in [6, 6.07) is 15.1. The van der Waals surface area contributed by atoms with Crippen LogP contribution >= 0.6 is 0 Å². The van der Waals surface area contributed by atoms with Gasteiger partial charge >= 0.3 is 0 Å². The van der Waals surface area contributed by atoms with Crippen LogP contribution in [0.1, 0.15) is 42.1 Å². The molecule has 0 heterocycles. The van der Waals surface area contributed by atoms with Crippen LogP contribution < -0.4 is 0 Å². The molecule has 1 saturated carbocycles. The Bertz CT molecular complexity index is 825. The summed E-state index contributed by atoms with van der Waals surface area (Å²) < 4.78 is 0. The van der Waals surface area contributed by atoms with Crippen LogP contribution in [0.5, 0.6) is 0 Å². The second-order valence-corrected chi connectivity index (χ2v) is 7.48. The summed E-state index contributed by atoms with van der Waals surface area (Å²) in [5.41, 5.74) is -1.41. The molecule has 3 rings (SSSR count). The number of nitrogens with zero attached hydrogens (tertiary/aromatic N) is 1. The fourth-order valence-corrected chi connectivity index (χ4v) is 4.62. The maximum Gasteiger partial charge on any atom is 0.271 e. The van der Waals surface area contributed by atoms with E-state index in [0.29, 0.717) is 12.0 Å². The van der Waals surface area contributed by atoms with E-state index in [1.54, 1.807) is 60.7 Å². The van der Waals surface area contributed by atoms with E-state index in [2.05, 4.69) is 0 Å². The van der Waals surface area contributed by atoms with Crippen molar-refractivity contribution in [1.29, 1.82) is 0 Å². The molecule has 0 saturated heterocycles. The van der Waals surface area contributed by atoms with E-state index < -0.39 is 28.6 Å². The molecule has 1 aliphatic carbocycles. The van der Waals surface area contributed by atoms with Crippen molar-refractivity contribution in [2.75, 3.05) is 0 Å². The van der Waals surface area contributed by atoms with Crippen molar-refractivity contribution in [3.8, 4) is 0 Å². The molecule has 28 heavy (non-hydrogen) atoms. The minimum atomic E-state index is -2.10. The number of rotatable bonds is 6. The first-order valence-corrected chi connectivity index (χ1v) is 9.60. The largest absolute Gasteiger partial charge is 0.386 e. The summed E-state index contributed by atoms with van der Waals surface area (Å²) in [6.45, 7) is 1.96. The molecular weight excluding hydrogens is 358 g/mol. The maximum atomic E-state index is 13.5. The molecule has 0 aliphatic heterocycles. The van der Waals surface area contributed by atoms with Gasteiger partial charge in [0.15, 0.2) is 11.4 Å². The molecule has 0 amide bonds. The average Bonchev–Trinajstić information content (AvgIpc) is 2.69. The number of hydrogen-bond acceptors (Lipinski definition) is 5. The van der Waals surface area contributed by atoms with Gasteiger partial charge in [0.25, 0.3) is 6.04 Å². The molecule has 1 fully saturated rings. The molecule has 1 aliphatic rings. The zero-order valence-corrected chi connectivity index (χ0v) is 15.8. The van der Waals surface area contributed by atoms with Crippen LogP contribution in [0.3, 0.4) is 0 Å². The summed E-state index contributed by atoms with van der Waals surface area (Å²) >= 11 is 0. The highest BCUT2D eigenvalue weighted by atomic mass is 16.6. The summed E-state index contributed by atoms with van der Waals surface area (Å²) in [5, 5.41) is 34.3. The number of aliphatic hydroxyl groups excluding tert-OH is 1. The molecule has 0 spiro atoms. The van der Waals surface area contributed by atoms with Crippen molar-refractivity contribution in [2.45, 2.75) is 43.9 Å². The van der Waals surface area contributed by atoms with Crippen molar-refractivity contribution in [3.63, 3.8) is 0 Å². The normalized spacial score (nSPS) is 30.0. The van der Waals surface area contributed by atoms with Gasteiger partial charge in [-0.2, -0.15) is 0 Å². The molecule has 2 aromatic carbocycles. The Morgan fingerprint density at radius 3 is 2.25 bits per heavy atom. The predicted octanol–water partition coefficient (Wildman–Crippen LogP) is 3.20. The summed E-state index contributed by atoms with van der Waals surface area (Å²) in [6.07, 6.45) is 0.0957. The Morgan fingerprint density at radius 2 is 1.71 bits per heavy atom. The van der Waals surface area contributed by atoms with Gasteiger partial charge in [-0.3, -0.25) is 14.9 Å². The first-order chi connectivity index (χ1) is 13.4. The van der Waals surface area contributed by atoms with E-state index in [9.17, 15) is 25.1 Å². The second kappa shape index (κ2) is 8.20. The third-order valence-corrected chi connectivity index (χ3v) is 5.77. The van der Waals surface area contributed by atoms with Gasteiger partial charge in [-0.1, -0.05) is 74.0 Å². The van der Waals surface area contributed by atoms with Gasteiger partial charge in [0.05, 0.1) is 5.92 Å². The number of hydrogen-bond donors (Lipinski definition) is 2. The van der Waals surface area contributed by atoms with Gasteiger partial charge in [-0.15, -0.1) is 0 Å². The lowest BCUT2D eigenvalue weighted by molar-refractivity contribution is -0.568. The lowest BCUT2D eigenvalue weighted by atomic mass is 9.59. The standard InChI is InChI=1S/C22H25NO5/c1-2-9-16-14-18(24)21(23(27)28)22(26,17-12-7-4-8-13-17)19(16)20(25)15-10-5-3-6-11-15/h3-8,10-13,16,18-19,21,24,26H,2,9,14H2,1H3/t16-,18+,19-,21-,22+/m1/s1. The van der Waals surface area contributed by atoms with Gasteiger partial charge in [0, 0.05) is 10.5 Å². The highest BCUT2D eigenvalue weighted by Crippen LogP contribution is 2.48. The quantitative estimate of drug-likeness (QED) is 0.453. The molecule has 0 unspecified atom stereocenters. The van der Waals surface area contributed by atoms with Crippen molar-refractivity contribution < 1.29 is 19.9 Å². The SMILES string of the molecule is CCC[C@@H]1C[C@H](O)[C@@H]([N+](=O)[O-])[C@](O)(c2ccccc2)[C@H]1C(=O)c1ccccc1. The van der Waals surface area contributed by atoms with Crippen LogP contribution in [0.15, 0.2) is 60.7 Å². The minimum Gasteiger partial charge on any atom is -0.386 e. The molecular formula is C22H25NO5. The first kappa shape index (κ1) is 20.2. The molecule has 5 atom stereocenters. The van der Waals surface area contributed by atoms with Crippen molar-refractivity contribution >= 4 is 5.78 Å². The first-order valence-electron chi connectivity index (χ1n) is 9.60. The van der Waals surface area contributed by atoms with Gasteiger partial charge < -0.3 is 10.2 Å². The number of carbonyl (C=O) groups excluding carboxylic acids is 1. The number of carbonyl (C=O) groups is 1. The Hall–Kier alpha value is -2.57. The zero-order valence-electron chi connectivity index (χ0n) is 15.8. The topological polar surface area (TPSA) is 101 Å². The van der Waals surface area contributed by atoms with Gasteiger partial charge in [-0.05, 0) is 24.3 Å². The fourth-order valence-electron chi connectivity index (χ4n) is 4.62. The Labute approximate surface area is 164 Å². The van der Waals surface area contributed by atoms with E-state index in [-0.39, 0.29) is 23.7 Å². The molecule has 0 bridgehead atoms. The van der Waals surface area contributed by atoms with Crippen LogP contribution in [-0.4, -0.2) is 33.1 Å². The Balaban J connectivity index is 2.21. The molecule has 2 N–H and O–H groups in total. The monoisotopic (exact) mass is 383 g/mol. The second-order valence-electron chi connectivity index (χ2n) is 7.48. The smallest absolute Gasteiger partial charge is 0.271 e. The highest BCUT2D eigenvalue weighted by Gasteiger charge is 2.63. The fraction of sp³-hybridized carbons (Fsp3) is 0.409. The van der Waals surface area contributed by atoms with E-state index in [1.807, 2.05) is 6.92 Å². The number of ketones is 1. The number of nitro groups is 1. The van der Waals surface area contributed by atoms with Crippen LogP contribution in [0.4, 0.5) is 0 Å². The van der Waals surface area contributed by atoms with Crippen LogP contribution in [0.2, 0.25) is 0 Å². The van der Waals surface area contributed by atoms with E-state index in [0.717, 1.165) is 6.42 Å².